The molecule has 0 N–H and O–H groups in total. The van der Waals surface area contributed by atoms with E-state index in [9.17, 15) is 0 Å². The molecule has 0 bridgehead atoms. The summed E-state index contributed by atoms with van der Waals surface area (Å²) in [6, 6.07) is 15.5. The third-order valence-corrected chi connectivity index (χ3v) is 3.61. The average molecular weight is 299 g/mol. The van der Waals surface area contributed by atoms with Crippen LogP contribution in [0.3, 0.4) is 0 Å². The van der Waals surface area contributed by atoms with Gasteiger partial charge in [-0.2, -0.15) is 0 Å². The van der Waals surface area contributed by atoms with E-state index >= 15 is 0 Å². The largest absolute Gasteiger partial charge is 0.493 e. The molecule has 0 unspecified atom stereocenters. The maximum absolute atomic E-state index is 5.89. The maximum Gasteiger partial charge on any atom is 0.122 e. The number of ether oxygens (including phenoxy) is 1. The Bertz CT molecular complexity index is 482. The van der Waals surface area contributed by atoms with Gasteiger partial charge in [0.1, 0.15) is 5.75 Å². The number of rotatable bonds is 5. The summed E-state index contributed by atoms with van der Waals surface area (Å²) >= 11 is 13.5. The monoisotopic (exact) mass is 298 g/mol. The van der Waals surface area contributed by atoms with Gasteiger partial charge in [-0.25, -0.2) is 0 Å². The van der Waals surface area contributed by atoms with Gasteiger partial charge in [0.2, 0.25) is 0 Å². The third kappa shape index (κ3) is 4.45. The van der Waals surface area contributed by atoms with Gasteiger partial charge in [-0.3, -0.25) is 0 Å². The average Bonchev–Trinajstić information content (AvgIpc) is 2.35. The highest BCUT2D eigenvalue weighted by Crippen LogP contribution is 2.24. The van der Waals surface area contributed by atoms with Crippen molar-refractivity contribution in [2.75, 3.05) is 12.4 Å². The van der Waals surface area contributed by atoms with E-state index < -0.39 is 0 Å². The first-order valence-corrected chi connectivity index (χ1v) is 7.25. The molecule has 0 aliphatic rings. The molecule has 2 aromatic rings. The van der Waals surface area contributed by atoms with Crippen LogP contribution < -0.4 is 4.74 Å². The van der Waals surface area contributed by atoms with Crippen molar-refractivity contribution in [3.63, 3.8) is 0 Å². The van der Waals surface area contributed by atoms with E-state index in [-0.39, 0.29) is 0 Å². The Kier molecular flexibility index (Phi) is 5.24. The second-order valence-corrected chi connectivity index (χ2v) is 5.66. The van der Waals surface area contributed by atoms with Gasteiger partial charge >= 0.3 is 0 Å². The summed E-state index contributed by atoms with van der Waals surface area (Å²) in [5, 5.41) is 1.18. The van der Waals surface area contributed by atoms with Crippen LogP contribution in [0.25, 0.3) is 0 Å². The summed E-state index contributed by atoms with van der Waals surface area (Å²) in [5.74, 6) is 1.59. The second kappa shape index (κ2) is 6.93. The number of hydrogen-bond donors (Lipinski definition) is 0. The highest BCUT2D eigenvalue weighted by atomic mass is 35.5. The second-order valence-electron chi connectivity index (χ2n) is 3.62. The van der Waals surface area contributed by atoms with Gasteiger partial charge in [-0.1, -0.05) is 41.4 Å². The lowest BCUT2D eigenvalue weighted by molar-refractivity contribution is 0.344. The molecule has 0 aliphatic carbocycles. The predicted molar refractivity (Wildman–Crippen MR) is 79.1 cm³/mol. The molecule has 18 heavy (non-hydrogen) atoms. The lowest BCUT2D eigenvalue weighted by Crippen LogP contribution is -1.99. The minimum atomic E-state index is 0.591. The van der Waals surface area contributed by atoms with Crippen LogP contribution in [0.4, 0.5) is 0 Å². The van der Waals surface area contributed by atoms with Crippen molar-refractivity contribution in [3.05, 3.63) is 58.6 Å². The van der Waals surface area contributed by atoms with Crippen molar-refractivity contribution in [1.29, 1.82) is 0 Å². The molecule has 94 valence electrons. The fraction of sp³-hybridized carbons (Fsp3) is 0.143. The molecule has 0 spiro atoms. The quantitative estimate of drug-likeness (QED) is 0.557. The van der Waals surface area contributed by atoms with Crippen molar-refractivity contribution < 1.29 is 4.74 Å². The van der Waals surface area contributed by atoms with Crippen LogP contribution in [0.2, 0.25) is 10.0 Å². The molecule has 0 saturated carbocycles. The molecule has 0 aliphatic heterocycles. The van der Waals surface area contributed by atoms with Crippen LogP contribution in [0, 0.1) is 0 Å². The summed E-state index contributed by atoms with van der Waals surface area (Å²) in [6.45, 7) is 0.621. The van der Waals surface area contributed by atoms with Crippen molar-refractivity contribution in [1.82, 2.24) is 0 Å². The maximum atomic E-state index is 5.89. The molecule has 0 aromatic heterocycles. The molecule has 0 radical (unpaired) electrons. The lowest BCUT2D eigenvalue weighted by Gasteiger charge is -2.07. The van der Waals surface area contributed by atoms with E-state index in [1.807, 2.05) is 18.2 Å². The fourth-order valence-electron chi connectivity index (χ4n) is 1.45. The number of benzene rings is 2. The van der Waals surface area contributed by atoms with Crippen molar-refractivity contribution in [2.45, 2.75) is 4.90 Å². The van der Waals surface area contributed by atoms with Crippen LogP contribution in [-0.4, -0.2) is 12.4 Å². The normalized spacial score (nSPS) is 10.3. The van der Waals surface area contributed by atoms with Crippen LogP contribution in [0.5, 0.6) is 5.75 Å². The van der Waals surface area contributed by atoms with E-state index in [0.29, 0.717) is 22.4 Å². The third-order valence-electron chi connectivity index (χ3n) is 2.20. The lowest BCUT2D eigenvalue weighted by atomic mass is 10.3. The Labute approximate surface area is 121 Å². The van der Waals surface area contributed by atoms with Crippen LogP contribution >= 0.6 is 35.0 Å². The zero-order chi connectivity index (χ0) is 12.8. The Morgan fingerprint density at radius 1 is 0.944 bits per heavy atom. The van der Waals surface area contributed by atoms with Gasteiger partial charge in [0.15, 0.2) is 0 Å². The summed E-state index contributed by atoms with van der Waals surface area (Å²) in [7, 11) is 0. The summed E-state index contributed by atoms with van der Waals surface area (Å²) < 4.78 is 5.60. The molecule has 1 nitrogen and oxygen atoms in total. The Morgan fingerprint density at radius 3 is 2.28 bits per heavy atom. The van der Waals surface area contributed by atoms with E-state index in [4.69, 9.17) is 27.9 Å². The fourth-order valence-corrected chi connectivity index (χ4v) is 2.71. The van der Waals surface area contributed by atoms with Crippen LogP contribution in [-0.2, 0) is 0 Å². The SMILES string of the molecule is Clc1cc(Cl)cc(OCCSc2ccccc2)c1. The van der Waals surface area contributed by atoms with Crippen molar-refractivity contribution >= 4 is 35.0 Å². The first-order valence-electron chi connectivity index (χ1n) is 5.51. The Balaban J connectivity index is 1.78. The predicted octanol–water partition coefficient (Wildman–Crippen LogP) is 5.16. The standard InChI is InChI=1S/C14H12Cl2OS/c15-11-8-12(16)10-13(9-11)17-6-7-18-14-4-2-1-3-5-14/h1-5,8-10H,6-7H2. The zero-order valence-electron chi connectivity index (χ0n) is 9.61. The van der Waals surface area contributed by atoms with E-state index in [1.165, 1.54) is 4.90 Å². The van der Waals surface area contributed by atoms with E-state index in [0.717, 1.165) is 5.75 Å². The van der Waals surface area contributed by atoms with Gasteiger partial charge in [0.25, 0.3) is 0 Å². The van der Waals surface area contributed by atoms with E-state index in [2.05, 4.69) is 12.1 Å². The van der Waals surface area contributed by atoms with Gasteiger partial charge < -0.3 is 4.74 Å². The minimum Gasteiger partial charge on any atom is -0.493 e. The minimum absolute atomic E-state index is 0.591. The van der Waals surface area contributed by atoms with Crippen molar-refractivity contribution in [2.24, 2.45) is 0 Å². The topological polar surface area (TPSA) is 9.23 Å². The number of hydrogen-bond acceptors (Lipinski definition) is 2. The first kappa shape index (κ1) is 13.6. The van der Waals surface area contributed by atoms with E-state index in [1.54, 1.807) is 30.0 Å². The highest BCUT2D eigenvalue weighted by molar-refractivity contribution is 7.99. The Hall–Kier alpha value is -0.830. The highest BCUT2D eigenvalue weighted by Gasteiger charge is 1.99. The molecular weight excluding hydrogens is 287 g/mol. The van der Waals surface area contributed by atoms with Crippen LogP contribution in [0.15, 0.2) is 53.4 Å². The molecule has 4 heteroatoms. The summed E-state index contributed by atoms with van der Waals surface area (Å²) in [6.07, 6.45) is 0. The smallest absolute Gasteiger partial charge is 0.122 e. The molecule has 0 fully saturated rings. The molecule has 0 heterocycles. The molecular formula is C14H12Cl2OS. The summed E-state index contributed by atoms with van der Waals surface area (Å²) in [5.41, 5.74) is 0. The van der Waals surface area contributed by atoms with Gasteiger partial charge in [-0.15, -0.1) is 11.8 Å². The Morgan fingerprint density at radius 2 is 1.61 bits per heavy atom. The first-order chi connectivity index (χ1) is 8.74. The molecule has 0 saturated heterocycles. The van der Waals surface area contributed by atoms with Crippen LogP contribution in [0.1, 0.15) is 0 Å². The zero-order valence-corrected chi connectivity index (χ0v) is 11.9. The van der Waals surface area contributed by atoms with Gasteiger partial charge in [0, 0.05) is 20.7 Å². The van der Waals surface area contributed by atoms with Gasteiger partial charge in [0.05, 0.1) is 6.61 Å². The van der Waals surface area contributed by atoms with Gasteiger partial charge in [-0.05, 0) is 30.3 Å². The number of thioether (sulfide) groups is 1. The molecule has 0 atom stereocenters. The molecule has 0 amide bonds. The summed E-state index contributed by atoms with van der Waals surface area (Å²) in [4.78, 5) is 1.24. The number of halogens is 2. The molecule has 2 aromatic carbocycles. The molecule has 2 rings (SSSR count). The van der Waals surface area contributed by atoms with Crippen molar-refractivity contribution in [3.8, 4) is 5.75 Å².